The van der Waals surface area contributed by atoms with Crippen molar-refractivity contribution in [1.82, 2.24) is 0 Å². The van der Waals surface area contributed by atoms with Gasteiger partial charge in [0.05, 0.1) is 4.92 Å². The normalized spacial score (nSPS) is 11.3. The smallest absolute Gasteiger partial charge is 0.410 e. The molecule has 0 saturated heterocycles. The predicted octanol–water partition coefficient (Wildman–Crippen LogP) is 4.20. The molecule has 124 valence electrons. The molecule has 3 aromatic rings. The number of rotatable bonds is 5. The van der Waals surface area contributed by atoms with Crippen molar-refractivity contribution in [2.24, 2.45) is 0 Å². The van der Waals surface area contributed by atoms with Gasteiger partial charge in [-0.2, -0.15) is 0 Å². The molecule has 3 aromatic carbocycles. The molecule has 0 unspecified atom stereocenters. The molecule has 0 aliphatic heterocycles. The monoisotopic (exact) mass is 333 g/mol. The zero-order chi connectivity index (χ0) is 17.6. The van der Waals surface area contributed by atoms with E-state index in [9.17, 15) is 14.9 Å². The van der Waals surface area contributed by atoms with Crippen molar-refractivity contribution in [3.63, 3.8) is 0 Å². The maximum atomic E-state index is 12.2. The lowest BCUT2D eigenvalue weighted by Crippen LogP contribution is -2.14. The van der Waals surface area contributed by atoms with Crippen LogP contribution in [-0.2, 0) is 16.1 Å². The van der Waals surface area contributed by atoms with Gasteiger partial charge in [0.25, 0.3) is 0 Å². The molecule has 0 atom stereocenters. The third-order valence-electron chi connectivity index (χ3n) is 3.73. The van der Waals surface area contributed by atoms with E-state index in [1.807, 2.05) is 48.5 Å². The van der Waals surface area contributed by atoms with Gasteiger partial charge in [0.2, 0.25) is 0 Å². The lowest BCUT2D eigenvalue weighted by atomic mass is 10.0. The van der Waals surface area contributed by atoms with Crippen molar-refractivity contribution < 1.29 is 14.5 Å². The van der Waals surface area contributed by atoms with E-state index < -0.39 is 16.6 Å². The summed E-state index contributed by atoms with van der Waals surface area (Å²) in [6.45, 7) is -0.0135. The van der Waals surface area contributed by atoms with Gasteiger partial charge in [-0.25, -0.2) is 4.79 Å². The predicted molar refractivity (Wildman–Crippen MR) is 95.2 cm³/mol. The minimum Gasteiger partial charge on any atom is -0.453 e. The van der Waals surface area contributed by atoms with Crippen LogP contribution in [-0.4, -0.2) is 10.9 Å². The summed E-state index contributed by atoms with van der Waals surface area (Å²) in [5.41, 5.74) is 0.775. The van der Waals surface area contributed by atoms with Gasteiger partial charge in [-0.3, -0.25) is 10.1 Å². The summed E-state index contributed by atoms with van der Waals surface area (Å²) < 4.78 is 5.09. The van der Waals surface area contributed by atoms with Gasteiger partial charge < -0.3 is 4.74 Å². The maximum absolute atomic E-state index is 12.2. The highest BCUT2D eigenvalue weighted by atomic mass is 16.6. The Kier molecular flexibility index (Phi) is 4.85. The highest BCUT2D eigenvalue weighted by Gasteiger charge is 2.24. The molecule has 0 saturated carbocycles. The number of carbonyl (C=O) groups is 1. The summed E-state index contributed by atoms with van der Waals surface area (Å²) in [5.74, 6) is -0.957. The zero-order valence-electron chi connectivity index (χ0n) is 13.3. The summed E-state index contributed by atoms with van der Waals surface area (Å²) >= 11 is 0. The van der Waals surface area contributed by atoms with Crippen LogP contribution < -0.4 is 0 Å². The van der Waals surface area contributed by atoms with Crippen LogP contribution in [0.2, 0.25) is 0 Å². The van der Waals surface area contributed by atoms with Crippen molar-refractivity contribution in [2.45, 2.75) is 6.61 Å². The van der Waals surface area contributed by atoms with E-state index in [1.165, 1.54) is 6.08 Å². The van der Waals surface area contributed by atoms with E-state index in [1.54, 1.807) is 24.3 Å². The number of carbonyl (C=O) groups excluding carboxylic acids is 1. The fourth-order valence-corrected chi connectivity index (χ4v) is 2.51. The molecular weight excluding hydrogens is 318 g/mol. The van der Waals surface area contributed by atoms with Crippen LogP contribution in [0.4, 0.5) is 0 Å². The molecule has 0 aromatic heterocycles. The molecule has 0 fully saturated rings. The Labute approximate surface area is 144 Å². The fourth-order valence-electron chi connectivity index (χ4n) is 2.51. The second kappa shape index (κ2) is 7.40. The molecular formula is C20H15NO4. The van der Waals surface area contributed by atoms with Crippen LogP contribution in [0.15, 0.2) is 78.5 Å². The average Bonchev–Trinajstić information content (AvgIpc) is 2.65. The van der Waals surface area contributed by atoms with Crippen LogP contribution in [0.5, 0.6) is 0 Å². The van der Waals surface area contributed by atoms with Gasteiger partial charge in [0.15, 0.2) is 0 Å². The maximum Gasteiger partial charge on any atom is 0.410 e. The van der Waals surface area contributed by atoms with Crippen LogP contribution in [0.1, 0.15) is 11.1 Å². The Morgan fingerprint density at radius 2 is 1.64 bits per heavy atom. The Morgan fingerprint density at radius 3 is 2.40 bits per heavy atom. The summed E-state index contributed by atoms with van der Waals surface area (Å²) in [6, 6.07) is 22.0. The molecule has 0 amide bonds. The van der Waals surface area contributed by atoms with E-state index in [4.69, 9.17) is 4.74 Å². The molecule has 0 bridgehead atoms. The van der Waals surface area contributed by atoms with Crippen molar-refractivity contribution in [3.05, 3.63) is 99.7 Å². The first-order valence-corrected chi connectivity index (χ1v) is 7.70. The van der Waals surface area contributed by atoms with Gasteiger partial charge in [0.1, 0.15) is 6.61 Å². The van der Waals surface area contributed by atoms with Crippen molar-refractivity contribution in [1.29, 1.82) is 0 Å². The minimum atomic E-state index is -0.957. The molecule has 3 rings (SSSR count). The number of nitrogens with zero attached hydrogens (tertiary/aromatic N) is 1. The minimum absolute atomic E-state index is 0.0135. The fraction of sp³-hybridized carbons (Fsp3) is 0.0500. The van der Waals surface area contributed by atoms with Crippen LogP contribution >= 0.6 is 0 Å². The third kappa shape index (κ3) is 3.90. The number of nitro groups is 1. The first-order chi connectivity index (χ1) is 12.1. The quantitative estimate of drug-likeness (QED) is 0.304. The summed E-state index contributed by atoms with van der Waals surface area (Å²) in [7, 11) is 0. The van der Waals surface area contributed by atoms with E-state index in [-0.39, 0.29) is 6.61 Å². The van der Waals surface area contributed by atoms with E-state index >= 15 is 0 Å². The van der Waals surface area contributed by atoms with Crippen LogP contribution in [0, 0.1) is 10.1 Å². The largest absolute Gasteiger partial charge is 0.453 e. The summed E-state index contributed by atoms with van der Waals surface area (Å²) in [6.07, 6.45) is 1.26. The summed E-state index contributed by atoms with van der Waals surface area (Å²) in [4.78, 5) is 22.8. The van der Waals surface area contributed by atoms with E-state index in [2.05, 4.69) is 0 Å². The second-order valence-electron chi connectivity index (χ2n) is 5.42. The zero-order valence-corrected chi connectivity index (χ0v) is 13.3. The molecule has 0 heterocycles. The highest BCUT2D eigenvalue weighted by Crippen LogP contribution is 2.21. The number of fused-ring (bicyclic) bond motifs is 1. The topological polar surface area (TPSA) is 69.4 Å². The third-order valence-corrected chi connectivity index (χ3v) is 3.73. The summed E-state index contributed by atoms with van der Waals surface area (Å²) in [5, 5.41) is 13.1. The standard InChI is InChI=1S/C20H15NO4/c22-20(25-14-15-7-2-1-3-8-15)19(21(23)24)13-17-11-6-10-16-9-4-5-12-18(16)17/h1-13H,14H2/b19-13-. The van der Waals surface area contributed by atoms with Crippen molar-refractivity contribution in [3.8, 4) is 0 Å². The van der Waals surface area contributed by atoms with Crippen molar-refractivity contribution in [2.75, 3.05) is 0 Å². The second-order valence-corrected chi connectivity index (χ2v) is 5.42. The molecule has 25 heavy (non-hydrogen) atoms. The van der Waals surface area contributed by atoms with Gasteiger partial charge in [-0.05, 0) is 21.9 Å². The van der Waals surface area contributed by atoms with Crippen LogP contribution in [0.25, 0.3) is 16.8 Å². The van der Waals surface area contributed by atoms with Gasteiger partial charge >= 0.3 is 11.7 Å². The Bertz CT molecular complexity index is 943. The lowest BCUT2D eigenvalue weighted by Gasteiger charge is -2.05. The molecule has 5 heteroatoms. The number of hydrogen-bond donors (Lipinski definition) is 0. The first-order valence-electron chi connectivity index (χ1n) is 7.70. The van der Waals surface area contributed by atoms with Gasteiger partial charge in [-0.15, -0.1) is 0 Å². The average molecular weight is 333 g/mol. The van der Waals surface area contributed by atoms with Gasteiger partial charge in [-0.1, -0.05) is 72.8 Å². The first kappa shape index (κ1) is 16.4. The Morgan fingerprint density at radius 1 is 0.960 bits per heavy atom. The molecule has 5 nitrogen and oxygen atoms in total. The molecule has 0 aliphatic carbocycles. The Balaban J connectivity index is 1.88. The molecule has 0 aliphatic rings. The molecule has 0 radical (unpaired) electrons. The molecule has 0 N–H and O–H groups in total. The van der Waals surface area contributed by atoms with E-state index in [0.717, 1.165) is 16.3 Å². The number of benzene rings is 3. The SMILES string of the molecule is O=C(OCc1ccccc1)/C(=C/c1cccc2ccccc12)[N+](=O)[O-]. The number of ether oxygens (including phenoxy) is 1. The molecule has 0 spiro atoms. The van der Waals surface area contributed by atoms with Crippen molar-refractivity contribution >= 4 is 22.8 Å². The number of esters is 1. The number of hydrogen-bond acceptors (Lipinski definition) is 4. The highest BCUT2D eigenvalue weighted by molar-refractivity contribution is 5.96. The van der Waals surface area contributed by atoms with Crippen LogP contribution in [0.3, 0.4) is 0 Å². The lowest BCUT2D eigenvalue weighted by molar-refractivity contribution is -0.419. The van der Waals surface area contributed by atoms with E-state index in [0.29, 0.717) is 5.56 Å². The Hall–Kier alpha value is -3.47. The van der Waals surface area contributed by atoms with Gasteiger partial charge in [0, 0.05) is 6.08 Å².